The normalized spacial score (nSPS) is 15.4. The summed E-state index contributed by atoms with van der Waals surface area (Å²) in [5, 5.41) is 7.03. The summed E-state index contributed by atoms with van der Waals surface area (Å²) in [6.07, 6.45) is 3.17. The molecule has 1 heterocycles. The molecule has 150 valence electrons. The number of rotatable bonds is 6. The quantitative estimate of drug-likeness (QED) is 0.596. The Bertz CT molecular complexity index is 767. The Morgan fingerprint density at radius 2 is 1.89 bits per heavy atom. The number of methoxy groups -OCH3 is 1. The van der Waals surface area contributed by atoms with E-state index in [4.69, 9.17) is 4.74 Å². The van der Waals surface area contributed by atoms with Gasteiger partial charge in [0, 0.05) is 38.4 Å². The molecule has 5 heteroatoms. The summed E-state index contributed by atoms with van der Waals surface area (Å²) in [6.45, 7) is 5.05. The largest absolute Gasteiger partial charge is 0.496 e. The average Bonchev–Trinajstić information content (AvgIpc) is 2.75. The molecule has 2 N–H and O–H groups in total. The van der Waals surface area contributed by atoms with Crippen LogP contribution in [0.1, 0.15) is 24.0 Å². The van der Waals surface area contributed by atoms with Crippen molar-refractivity contribution in [2.75, 3.05) is 38.7 Å². The van der Waals surface area contributed by atoms with Crippen molar-refractivity contribution in [3.63, 3.8) is 0 Å². The first kappa shape index (κ1) is 20.1. The summed E-state index contributed by atoms with van der Waals surface area (Å²) in [5.41, 5.74) is 3.75. The van der Waals surface area contributed by atoms with E-state index in [-0.39, 0.29) is 0 Å². The Balaban J connectivity index is 1.43. The molecule has 5 nitrogen and oxygen atoms in total. The maximum Gasteiger partial charge on any atom is 0.191 e. The molecule has 2 aromatic rings. The lowest BCUT2D eigenvalue weighted by Gasteiger charge is -2.34. The number of nitrogens with one attached hydrogen (secondary N) is 2. The fraction of sp³-hybridized carbons (Fsp3) is 0.435. The van der Waals surface area contributed by atoms with Crippen LogP contribution in [0.5, 0.6) is 5.75 Å². The molecular weight excluding hydrogens is 348 g/mol. The monoisotopic (exact) mass is 380 g/mol. The maximum atomic E-state index is 5.41. The number of para-hydroxylation sites is 1. The SMILES string of the molecule is CN=C(NCCc1ccc(C)c(OC)c1)NC1CCN(c2ccccc2)CC1. The van der Waals surface area contributed by atoms with Gasteiger partial charge in [-0.3, -0.25) is 4.99 Å². The molecular formula is C23H32N4O. The van der Waals surface area contributed by atoms with Gasteiger partial charge >= 0.3 is 0 Å². The van der Waals surface area contributed by atoms with Gasteiger partial charge in [-0.2, -0.15) is 0 Å². The van der Waals surface area contributed by atoms with Gasteiger partial charge in [0.25, 0.3) is 0 Å². The number of anilines is 1. The molecule has 1 fully saturated rings. The Morgan fingerprint density at radius 3 is 2.57 bits per heavy atom. The fourth-order valence-corrected chi connectivity index (χ4v) is 3.65. The van der Waals surface area contributed by atoms with E-state index in [1.54, 1.807) is 7.11 Å². The van der Waals surface area contributed by atoms with Crippen LogP contribution in [0.4, 0.5) is 5.69 Å². The molecule has 0 aliphatic carbocycles. The van der Waals surface area contributed by atoms with E-state index in [1.807, 2.05) is 7.05 Å². The van der Waals surface area contributed by atoms with Crippen LogP contribution >= 0.6 is 0 Å². The van der Waals surface area contributed by atoms with Crippen molar-refractivity contribution in [1.29, 1.82) is 0 Å². The lowest BCUT2D eigenvalue weighted by molar-refractivity contribution is 0.411. The number of hydrogen-bond donors (Lipinski definition) is 2. The van der Waals surface area contributed by atoms with Crippen molar-refractivity contribution in [3.8, 4) is 5.75 Å². The summed E-state index contributed by atoms with van der Waals surface area (Å²) < 4.78 is 5.41. The number of ether oxygens (including phenoxy) is 1. The zero-order chi connectivity index (χ0) is 19.8. The first-order valence-electron chi connectivity index (χ1n) is 10.1. The van der Waals surface area contributed by atoms with Gasteiger partial charge in [-0.05, 0) is 55.5 Å². The molecule has 1 aliphatic heterocycles. The Morgan fingerprint density at radius 1 is 1.14 bits per heavy atom. The highest BCUT2D eigenvalue weighted by atomic mass is 16.5. The molecule has 28 heavy (non-hydrogen) atoms. The predicted molar refractivity (Wildman–Crippen MR) is 118 cm³/mol. The van der Waals surface area contributed by atoms with Crippen molar-refractivity contribution in [2.24, 2.45) is 4.99 Å². The van der Waals surface area contributed by atoms with Crippen molar-refractivity contribution in [3.05, 3.63) is 59.7 Å². The van der Waals surface area contributed by atoms with Gasteiger partial charge in [0.15, 0.2) is 5.96 Å². The molecule has 0 unspecified atom stereocenters. The third-order valence-electron chi connectivity index (χ3n) is 5.36. The molecule has 0 spiro atoms. The van der Waals surface area contributed by atoms with Crippen molar-refractivity contribution < 1.29 is 4.74 Å². The molecule has 1 aliphatic rings. The van der Waals surface area contributed by atoms with E-state index in [2.05, 4.69) is 76.0 Å². The van der Waals surface area contributed by atoms with Crippen LogP contribution in [-0.4, -0.2) is 45.8 Å². The highest BCUT2D eigenvalue weighted by molar-refractivity contribution is 5.80. The van der Waals surface area contributed by atoms with Gasteiger partial charge in [-0.15, -0.1) is 0 Å². The maximum absolute atomic E-state index is 5.41. The number of piperidine rings is 1. The number of guanidine groups is 1. The summed E-state index contributed by atoms with van der Waals surface area (Å²) in [4.78, 5) is 6.85. The molecule has 0 amide bonds. The second kappa shape index (κ2) is 10.0. The van der Waals surface area contributed by atoms with Crippen molar-refractivity contribution in [1.82, 2.24) is 10.6 Å². The predicted octanol–water partition coefficient (Wildman–Crippen LogP) is 3.38. The van der Waals surface area contributed by atoms with Crippen LogP contribution in [0, 0.1) is 6.92 Å². The standard InChI is InChI=1S/C23H32N4O/c1-18-9-10-19(17-22(18)28-3)11-14-25-23(24-2)26-20-12-15-27(16-13-20)21-7-5-4-6-8-21/h4-10,17,20H,11-16H2,1-3H3,(H2,24,25,26). The molecule has 0 radical (unpaired) electrons. The van der Waals surface area contributed by atoms with Crippen LogP contribution in [0.2, 0.25) is 0 Å². The summed E-state index contributed by atoms with van der Waals surface area (Å²) >= 11 is 0. The zero-order valence-electron chi connectivity index (χ0n) is 17.2. The lowest BCUT2D eigenvalue weighted by Crippen LogP contribution is -2.49. The van der Waals surface area contributed by atoms with E-state index in [9.17, 15) is 0 Å². The van der Waals surface area contributed by atoms with Crippen LogP contribution in [0.3, 0.4) is 0 Å². The molecule has 1 saturated heterocycles. The number of hydrogen-bond acceptors (Lipinski definition) is 3. The number of aryl methyl sites for hydroxylation is 1. The smallest absolute Gasteiger partial charge is 0.191 e. The molecule has 0 saturated carbocycles. The van der Waals surface area contributed by atoms with Crippen LogP contribution in [0.15, 0.2) is 53.5 Å². The first-order valence-corrected chi connectivity index (χ1v) is 10.1. The number of aliphatic imine (C=N–C) groups is 1. The minimum absolute atomic E-state index is 0.464. The van der Waals surface area contributed by atoms with E-state index < -0.39 is 0 Å². The van der Waals surface area contributed by atoms with Gasteiger partial charge < -0.3 is 20.3 Å². The number of nitrogens with zero attached hydrogens (tertiary/aromatic N) is 2. The summed E-state index contributed by atoms with van der Waals surface area (Å²) in [6, 6.07) is 17.5. The first-order chi connectivity index (χ1) is 13.7. The molecule has 0 bridgehead atoms. The summed E-state index contributed by atoms with van der Waals surface area (Å²) in [5.74, 6) is 1.84. The van der Waals surface area contributed by atoms with Crippen molar-refractivity contribution >= 4 is 11.6 Å². The average molecular weight is 381 g/mol. The lowest BCUT2D eigenvalue weighted by atomic mass is 10.0. The van der Waals surface area contributed by atoms with E-state index in [0.717, 1.165) is 50.6 Å². The zero-order valence-corrected chi connectivity index (χ0v) is 17.2. The van der Waals surface area contributed by atoms with E-state index >= 15 is 0 Å². The minimum Gasteiger partial charge on any atom is -0.496 e. The Kier molecular flexibility index (Phi) is 7.18. The van der Waals surface area contributed by atoms with Crippen LogP contribution in [0.25, 0.3) is 0 Å². The second-order valence-corrected chi connectivity index (χ2v) is 7.29. The van der Waals surface area contributed by atoms with Gasteiger partial charge in [-0.1, -0.05) is 30.3 Å². The fourth-order valence-electron chi connectivity index (χ4n) is 3.65. The molecule has 0 atom stereocenters. The minimum atomic E-state index is 0.464. The van der Waals surface area contributed by atoms with Crippen molar-refractivity contribution in [2.45, 2.75) is 32.2 Å². The molecule has 2 aromatic carbocycles. The third-order valence-corrected chi connectivity index (χ3v) is 5.36. The van der Waals surface area contributed by atoms with E-state index in [0.29, 0.717) is 6.04 Å². The van der Waals surface area contributed by atoms with Gasteiger partial charge in [0.05, 0.1) is 7.11 Å². The molecule has 0 aromatic heterocycles. The highest BCUT2D eigenvalue weighted by Gasteiger charge is 2.20. The highest BCUT2D eigenvalue weighted by Crippen LogP contribution is 2.20. The Hall–Kier alpha value is -2.69. The second-order valence-electron chi connectivity index (χ2n) is 7.29. The van der Waals surface area contributed by atoms with E-state index in [1.165, 1.54) is 16.8 Å². The van der Waals surface area contributed by atoms with Gasteiger partial charge in [-0.25, -0.2) is 0 Å². The van der Waals surface area contributed by atoms with Gasteiger partial charge in [0.2, 0.25) is 0 Å². The van der Waals surface area contributed by atoms with Crippen LogP contribution in [-0.2, 0) is 6.42 Å². The molecule has 3 rings (SSSR count). The van der Waals surface area contributed by atoms with Crippen LogP contribution < -0.4 is 20.3 Å². The Labute approximate surface area is 168 Å². The number of benzene rings is 2. The van der Waals surface area contributed by atoms with Gasteiger partial charge in [0.1, 0.15) is 5.75 Å². The summed E-state index contributed by atoms with van der Waals surface area (Å²) in [7, 11) is 3.56. The topological polar surface area (TPSA) is 48.9 Å². The third kappa shape index (κ3) is 5.41.